The van der Waals surface area contributed by atoms with Gasteiger partial charge in [0.2, 0.25) is 5.91 Å². The van der Waals surface area contributed by atoms with Gasteiger partial charge in [-0.25, -0.2) is 9.78 Å². The maximum Gasteiger partial charge on any atom is 0.328 e. The van der Waals surface area contributed by atoms with Crippen molar-refractivity contribution in [2.45, 2.75) is 64.8 Å². The Morgan fingerprint density at radius 1 is 1.12 bits per heavy atom. The third kappa shape index (κ3) is 7.12. The van der Waals surface area contributed by atoms with Gasteiger partial charge in [-0.15, -0.1) is 11.3 Å². The number of benzene rings is 1. The third-order valence-electron chi connectivity index (χ3n) is 6.07. The van der Waals surface area contributed by atoms with E-state index >= 15 is 0 Å². The van der Waals surface area contributed by atoms with Crippen LogP contribution in [0.1, 0.15) is 68.6 Å². The molecule has 1 aromatic heterocycles. The van der Waals surface area contributed by atoms with Gasteiger partial charge in [0.25, 0.3) is 5.91 Å². The van der Waals surface area contributed by atoms with E-state index in [0.717, 1.165) is 22.5 Å². The van der Waals surface area contributed by atoms with Crippen molar-refractivity contribution < 1.29 is 19.1 Å². The second-order valence-corrected chi connectivity index (χ2v) is 9.95. The van der Waals surface area contributed by atoms with Crippen molar-refractivity contribution in [3.63, 3.8) is 0 Å². The molecule has 1 aliphatic rings. The average Bonchev–Trinajstić information content (AvgIpc) is 3.32. The Morgan fingerprint density at radius 3 is 2.45 bits per heavy atom. The molecule has 8 heteroatoms. The van der Waals surface area contributed by atoms with E-state index in [2.05, 4.69) is 15.6 Å². The molecule has 33 heavy (non-hydrogen) atoms. The summed E-state index contributed by atoms with van der Waals surface area (Å²) in [4.78, 5) is 41.8. The average molecular weight is 472 g/mol. The van der Waals surface area contributed by atoms with Gasteiger partial charge in [0.15, 0.2) is 5.01 Å². The Morgan fingerprint density at radius 2 is 1.82 bits per heavy atom. The highest BCUT2D eigenvalue weighted by atomic mass is 32.1. The van der Waals surface area contributed by atoms with Crippen molar-refractivity contribution in [2.75, 3.05) is 12.4 Å². The van der Waals surface area contributed by atoms with Crippen molar-refractivity contribution in [1.82, 2.24) is 10.3 Å². The molecule has 2 amide bonds. The molecular weight excluding hydrogens is 438 g/mol. The highest BCUT2D eigenvalue weighted by molar-refractivity contribution is 7.17. The SMILES string of the molecule is COC(=O)C(NC(=O)c1ncc(-c2ccc(NC(=O)CCC3CCCCC3)cc2)s1)C(C)C. The van der Waals surface area contributed by atoms with Gasteiger partial charge >= 0.3 is 5.97 Å². The first-order valence-electron chi connectivity index (χ1n) is 11.6. The number of nitrogens with one attached hydrogen (secondary N) is 2. The summed E-state index contributed by atoms with van der Waals surface area (Å²) in [6, 6.07) is 6.80. The van der Waals surface area contributed by atoms with Crippen molar-refractivity contribution in [3.8, 4) is 10.4 Å². The molecular formula is C25H33N3O4S. The first kappa shape index (κ1) is 24.9. The van der Waals surface area contributed by atoms with Crippen LogP contribution in [0, 0.1) is 11.8 Å². The van der Waals surface area contributed by atoms with Crippen LogP contribution in [0.2, 0.25) is 0 Å². The van der Waals surface area contributed by atoms with E-state index in [-0.39, 0.29) is 16.8 Å². The van der Waals surface area contributed by atoms with Crippen LogP contribution in [0.4, 0.5) is 5.69 Å². The lowest BCUT2D eigenvalue weighted by Gasteiger charge is -2.21. The molecule has 0 bridgehead atoms. The molecule has 1 aliphatic carbocycles. The molecule has 0 saturated heterocycles. The van der Waals surface area contributed by atoms with E-state index in [1.165, 1.54) is 50.6 Å². The first-order valence-corrected chi connectivity index (χ1v) is 12.4. The Balaban J connectivity index is 1.55. The van der Waals surface area contributed by atoms with Crippen LogP contribution in [0.15, 0.2) is 30.5 Å². The highest BCUT2D eigenvalue weighted by Crippen LogP contribution is 2.29. The minimum Gasteiger partial charge on any atom is -0.467 e. The third-order valence-corrected chi connectivity index (χ3v) is 7.11. The number of nitrogens with zero attached hydrogens (tertiary/aromatic N) is 1. The van der Waals surface area contributed by atoms with Gasteiger partial charge < -0.3 is 15.4 Å². The lowest BCUT2D eigenvalue weighted by molar-refractivity contribution is -0.144. The van der Waals surface area contributed by atoms with Gasteiger partial charge in [0.1, 0.15) is 6.04 Å². The smallest absolute Gasteiger partial charge is 0.328 e. The van der Waals surface area contributed by atoms with Crippen molar-refractivity contribution in [1.29, 1.82) is 0 Å². The fourth-order valence-corrected chi connectivity index (χ4v) is 4.92. The van der Waals surface area contributed by atoms with Crippen LogP contribution < -0.4 is 10.6 Å². The molecule has 2 aromatic rings. The Bertz CT molecular complexity index is 949. The van der Waals surface area contributed by atoms with E-state index in [1.807, 2.05) is 38.1 Å². The number of amides is 2. The van der Waals surface area contributed by atoms with Crippen LogP contribution in [-0.4, -0.2) is 35.9 Å². The minimum atomic E-state index is -0.726. The Labute approximate surface area is 199 Å². The van der Waals surface area contributed by atoms with Crippen LogP contribution in [0.5, 0.6) is 0 Å². The molecule has 1 atom stereocenters. The highest BCUT2D eigenvalue weighted by Gasteiger charge is 2.26. The molecule has 1 saturated carbocycles. The number of ether oxygens (including phenoxy) is 1. The number of carbonyl (C=O) groups excluding carboxylic acids is 3. The number of hydrogen-bond donors (Lipinski definition) is 2. The molecule has 0 radical (unpaired) electrons. The fourth-order valence-electron chi connectivity index (χ4n) is 4.09. The lowest BCUT2D eigenvalue weighted by Crippen LogP contribution is -2.44. The molecule has 1 heterocycles. The van der Waals surface area contributed by atoms with E-state index in [0.29, 0.717) is 12.3 Å². The van der Waals surface area contributed by atoms with E-state index in [1.54, 1.807) is 6.20 Å². The summed E-state index contributed by atoms with van der Waals surface area (Å²) in [5, 5.41) is 5.95. The first-order chi connectivity index (χ1) is 15.9. The lowest BCUT2D eigenvalue weighted by atomic mass is 9.86. The van der Waals surface area contributed by atoms with Gasteiger partial charge in [0.05, 0.1) is 12.0 Å². The molecule has 0 spiro atoms. The number of carbonyl (C=O) groups is 3. The van der Waals surface area contributed by atoms with Crippen molar-refractivity contribution >= 4 is 34.8 Å². The topological polar surface area (TPSA) is 97.4 Å². The predicted molar refractivity (Wildman–Crippen MR) is 130 cm³/mol. The monoisotopic (exact) mass is 471 g/mol. The number of hydrogen-bond acceptors (Lipinski definition) is 6. The van der Waals surface area contributed by atoms with E-state index < -0.39 is 17.9 Å². The van der Waals surface area contributed by atoms with Gasteiger partial charge in [-0.1, -0.05) is 58.1 Å². The molecule has 1 fully saturated rings. The molecule has 7 nitrogen and oxygen atoms in total. The minimum absolute atomic E-state index is 0.0513. The van der Waals surface area contributed by atoms with Gasteiger partial charge in [-0.3, -0.25) is 9.59 Å². The van der Waals surface area contributed by atoms with Gasteiger partial charge in [0, 0.05) is 18.3 Å². The van der Waals surface area contributed by atoms with E-state index in [9.17, 15) is 14.4 Å². The molecule has 0 aliphatic heterocycles. The number of methoxy groups -OCH3 is 1. The van der Waals surface area contributed by atoms with Crippen LogP contribution in [0.25, 0.3) is 10.4 Å². The Kier molecular flexibility index (Phi) is 9.00. The summed E-state index contributed by atoms with van der Waals surface area (Å²) < 4.78 is 4.77. The number of aromatic nitrogens is 1. The number of anilines is 1. The van der Waals surface area contributed by atoms with E-state index in [4.69, 9.17) is 4.74 Å². The molecule has 178 valence electrons. The second kappa shape index (κ2) is 11.9. The number of rotatable bonds is 9. The maximum atomic E-state index is 12.6. The molecule has 1 unspecified atom stereocenters. The molecule has 3 rings (SSSR count). The molecule has 2 N–H and O–H groups in total. The number of thiazole rings is 1. The number of esters is 1. The van der Waals surface area contributed by atoms with Crippen LogP contribution in [-0.2, 0) is 14.3 Å². The summed E-state index contributed by atoms with van der Waals surface area (Å²) in [6.45, 7) is 3.68. The largest absolute Gasteiger partial charge is 0.467 e. The zero-order valence-electron chi connectivity index (χ0n) is 19.6. The Hall–Kier alpha value is -2.74. The second-order valence-electron chi connectivity index (χ2n) is 8.92. The van der Waals surface area contributed by atoms with Crippen molar-refractivity contribution in [2.24, 2.45) is 11.8 Å². The van der Waals surface area contributed by atoms with Crippen LogP contribution >= 0.6 is 11.3 Å². The summed E-state index contributed by atoms with van der Waals surface area (Å²) in [7, 11) is 1.30. The van der Waals surface area contributed by atoms with Crippen LogP contribution in [0.3, 0.4) is 0 Å². The normalized spacial score (nSPS) is 15.2. The standard InChI is InChI=1S/C25H33N3O4S/c1-16(2)22(25(31)32-3)28-23(30)24-26-15-20(33-24)18-10-12-19(13-11-18)27-21(29)14-9-17-7-5-4-6-8-17/h10-13,15-17,22H,4-9,14H2,1-3H3,(H,27,29)(H,28,30). The quantitative estimate of drug-likeness (QED) is 0.500. The maximum absolute atomic E-state index is 12.6. The summed E-state index contributed by atoms with van der Waals surface area (Å²) in [5.41, 5.74) is 1.66. The summed E-state index contributed by atoms with van der Waals surface area (Å²) in [5.74, 6) is -0.252. The predicted octanol–water partition coefficient (Wildman–Crippen LogP) is 5.04. The zero-order valence-corrected chi connectivity index (χ0v) is 20.4. The zero-order chi connectivity index (χ0) is 23.8. The summed E-state index contributed by atoms with van der Waals surface area (Å²) in [6.07, 6.45) is 9.56. The fraction of sp³-hybridized carbons (Fsp3) is 0.520. The van der Waals surface area contributed by atoms with Gasteiger partial charge in [-0.2, -0.15) is 0 Å². The molecule has 1 aromatic carbocycles. The summed E-state index contributed by atoms with van der Waals surface area (Å²) >= 11 is 1.25. The van der Waals surface area contributed by atoms with Gasteiger partial charge in [-0.05, 0) is 36.0 Å². The van der Waals surface area contributed by atoms with Crippen molar-refractivity contribution in [3.05, 3.63) is 35.5 Å².